The summed E-state index contributed by atoms with van der Waals surface area (Å²) in [6.45, 7) is 1.83. The third kappa shape index (κ3) is 1.50. The largest absolute Gasteiger partial charge is 0.508 e. The van der Waals surface area contributed by atoms with E-state index in [0.717, 1.165) is 14.9 Å². The van der Waals surface area contributed by atoms with Crippen molar-refractivity contribution in [3.63, 3.8) is 0 Å². The van der Waals surface area contributed by atoms with Gasteiger partial charge >= 0.3 is 5.69 Å². The second-order valence-corrected chi connectivity index (χ2v) is 3.27. The predicted octanol–water partition coefficient (Wildman–Crippen LogP) is -0.0200. The molecular formula is C9H10N4O2. The van der Waals surface area contributed by atoms with E-state index >= 15 is 0 Å². The fourth-order valence-corrected chi connectivity index (χ4v) is 1.29. The Balaban J connectivity index is 2.69. The summed E-state index contributed by atoms with van der Waals surface area (Å²) in [6, 6.07) is 4.75. The van der Waals surface area contributed by atoms with Crippen molar-refractivity contribution in [1.29, 1.82) is 0 Å². The number of phenolic OH excluding ortho intramolecular Hbond substituents is 1. The van der Waals surface area contributed by atoms with Crippen LogP contribution in [-0.2, 0) is 7.05 Å². The molecule has 0 aliphatic rings. The average Bonchev–Trinajstić information content (AvgIpc) is 2.52. The van der Waals surface area contributed by atoms with E-state index in [4.69, 9.17) is 0 Å². The summed E-state index contributed by atoms with van der Waals surface area (Å²) in [5.74, 6) is 0.0909. The summed E-state index contributed by atoms with van der Waals surface area (Å²) >= 11 is 0. The van der Waals surface area contributed by atoms with Gasteiger partial charge in [-0.1, -0.05) is 6.07 Å². The second-order valence-electron chi connectivity index (χ2n) is 3.27. The van der Waals surface area contributed by atoms with Crippen molar-refractivity contribution in [1.82, 2.24) is 19.8 Å². The molecular weight excluding hydrogens is 196 g/mol. The van der Waals surface area contributed by atoms with E-state index in [-0.39, 0.29) is 11.4 Å². The number of aromatic nitrogens is 4. The van der Waals surface area contributed by atoms with E-state index in [0.29, 0.717) is 5.69 Å². The zero-order chi connectivity index (χ0) is 11.0. The van der Waals surface area contributed by atoms with Gasteiger partial charge in [-0.2, -0.15) is 9.36 Å². The first-order chi connectivity index (χ1) is 7.09. The number of hydrogen-bond donors (Lipinski definition) is 1. The molecule has 1 N–H and O–H groups in total. The highest BCUT2D eigenvalue weighted by Crippen LogP contribution is 2.17. The molecule has 1 heterocycles. The minimum Gasteiger partial charge on any atom is -0.508 e. The minimum atomic E-state index is -0.344. The monoisotopic (exact) mass is 206 g/mol. The molecule has 0 fully saturated rings. The lowest BCUT2D eigenvalue weighted by Gasteiger charge is -2.03. The van der Waals surface area contributed by atoms with Crippen LogP contribution in [0.1, 0.15) is 5.56 Å². The molecule has 0 aliphatic heterocycles. The average molecular weight is 206 g/mol. The minimum absolute atomic E-state index is 0.0909. The topological polar surface area (TPSA) is 72.9 Å². The van der Waals surface area contributed by atoms with Crippen LogP contribution in [0.5, 0.6) is 5.75 Å². The van der Waals surface area contributed by atoms with Crippen molar-refractivity contribution in [3.05, 3.63) is 34.2 Å². The summed E-state index contributed by atoms with van der Waals surface area (Å²) < 4.78 is 2.28. The first-order valence-corrected chi connectivity index (χ1v) is 4.38. The maximum absolute atomic E-state index is 11.6. The maximum atomic E-state index is 11.6. The Labute approximate surface area is 85.4 Å². The zero-order valence-electron chi connectivity index (χ0n) is 8.38. The predicted molar refractivity (Wildman–Crippen MR) is 53.0 cm³/mol. The van der Waals surface area contributed by atoms with E-state index in [1.54, 1.807) is 12.1 Å². The van der Waals surface area contributed by atoms with Gasteiger partial charge in [0.05, 0.1) is 5.69 Å². The Bertz CT molecular complexity index is 555. The Morgan fingerprint density at radius 3 is 2.67 bits per heavy atom. The van der Waals surface area contributed by atoms with E-state index in [2.05, 4.69) is 10.4 Å². The Hall–Kier alpha value is -2.11. The molecule has 78 valence electrons. The van der Waals surface area contributed by atoms with Crippen LogP contribution in [0.25, 0.3) is 5.69 Å². The summed E-state index contributed by atoms with van der Waals surface area (Å²) in [4.78, 5) is 11.6. The first-order valence-electron chi connectivity index (χ1n) is 4.38. The van der Waals surface area contributed by atoms with E-state index in [1.165, 1.54) is 13.1 Å². The van der Waals surface area contributed by atoms with Crippen LogP contribution < -0.4 is 5.69 Å². The highest BCUT2D eigenvalue weighted by molar-refractivity contribution is 5.44. The number of phenols is 1. The molecule has 0 saturated heterocycles. The van der Waals surface area contributed by atoms with Crippen LogP contribution in [0.3, 0.4) is 0 Å². The standard InChI is InChI=1S/C9H10N4O2/c1-6-3-4-7(14)5-8(6)13-9(15)12(2)10-11-13/h3-5,14H,1-2H3. The lowest BCUT2D eigenvalue weighted by Crippen LogP contribution is -2.22. The zero-order valence-corrected chi connectivity index (χ0v) is 8.38. The van der Waals surface area contributed by atoms with Gasteiger partial charge in [-0.3, -0.25) is 0 Å². The van der Waals surface area contributed by atoms with Crippen LogP contribution in [-0.4, -0.2) is 24.9 Å². The summed E-state index contributed by atoms with van der Waals surface area (Å²) in [7, 11) is 1.52. The van der Waals surface area contributed by atoms with Crippen LogP contribution in [0, 0.1) is 6.92 Å². The smallest absolute Gasteiger partial charge is 0.368 e. The number of aromatic hydroxyl groups is 1. The molecule has 0 bridgehead atoms. The lowest BCUT2D eigenvalue weighted by molar-refractivity contribution is 0.474. The van der Waals surface area contributed by atoms with Crippen molar-refractivity contribution < 1.29 is 5.11 Å². The van der Waals surface area contributed by atoms with Gasteiger partial charge in [-0.05, 0) is 29.0 Å². The molecule has 6 nitrogen and oxygen atoms in total. The van der Waals surface area contributed by atoms with Gasteiger partial charge in [0.15, 0.2) is 0 Å². The fourth-order valence-electron chi connectivity index (χ4n) is 1.29. The van der Waals surface area contributed by atoms with Crippen LogP contribution in [0.15, 0.2) is 23.0 Å². The van der Waals surface area contributed by atoms with Gasteiger partial charge in [0, 0.05) is 13.1 Å². The van der Waals surface area contributed by atoms with Crippen molar-refractivity contribution in [2.45, 2.75) is 6.92 Å². The van der Waals surface area contributed by atoms with Crippen LogP contribution in [0.2, 0.25) is 0 Å². The third-order valence-corrected chi connectivity index (χ3v) is 2.14. The van der Waals surface area contributed by atoms with Crippen LogP contribution >= 0.6 is 0 Å². The molecule has 1 aromatic heterocycles. The highest BCUT2D eigenvalue weighted by atomic mass is 16.3. The molecule has 0 aliphatic carbocycles. The number of aryl methyl sites for hydroxylation is 2. The van der Waals surface area contributed by atoms with Crippen LogP contribution in [0.4, 0.5) is 0 Å². The molecule has 0 amide bonds. The molecule has 2 rings (SSSR count). The highest BCUT2D eigenvalue weighted by Gasteiger charge is 2.08. The van der Waals surface area contributed by atoms with Crippen molar-refractivity contribution in [2.24, 2.45) is 7.05 Å². The number of rotatable bonds is 1. The van der Waals surface area contributed by atoms with Crippen molar-refractivity contribution in [2.75, 3.05) is 0 Å². The SMILES string of the molecule is Cc1ccc(O)cc1-n1nnn(C)c1=O. The number of benzene rings is 1. The molecule has 1 aromatic carbocycles. The van der Waals surface area contributed by atoms with Gasteiger partial charge in [0.2, 0.25) is 0 Å². The summed E-state index contributed by atoms with van der Waals surface area (Å²) in [5.41, 5.74) is 1.03. The van der Waals surface area contributed by atoms with Gasteiger partial charge in [-0.15, -0.1) is 0 Å². The second kappa shape index (κ2) is 3.23. The van der Waals surface area contributed by atoms with Crippen molar-refractivity contribution in [3.8, 4) is 11.4 Å². The van der Waals surface area contributed by atoms with Gasteiger partial charge in [0.25, 0.3) is 0 Å². The van der Waals surface area contributed by atoms with E-state index in [1.807, 2.05) is 6.92 Å². The quantitative estimate of drug-likeness (QED) is 0.711. The Morgan fingerprint density at radius 1 is 1.33 bits per heavy atom. The number of nitrogens with zero attached hydrogens (tertiary/aromatic N) is 4. The molecule has 2 aromatic rings. The Kier molecular flexibility index (Phi) is 2.03. The molecule has 0 unspecified atom stereocenters. The molecule has 0 atom stereocenters. The number of tetrazole rings is 1. The third-order valence-electron chi connectivity index (χ3n) is 2.14. The number of hydrogen-bond acceptors (Lipinski definition) is 4. The summed E-state index contributed by atoms with van der Waals surface area (Å²) in [5, 5.41) is 16.6. The molecule has 0 spiro atoms. The molecule has 0 radical (unpaired) electrons. The maximum Gasteiger partial charge on any atom is 0.368 e. The van der Waals surface area contributed by atoms with E-state index < -0.39 is 0 Å². The molecule has 0 saturated carbocycles. The lowest BCUT2D eigenvalue weighted by atomic mass is 10.2. The first kappa shape index (κ1) is 9.45. The Morgan fingerprint density at radius 2 is 2.07 bits per heavy atom. The molecule has 15 heavy (non-hydrogen) atoms. The van der Waals surface area contributed by atoms with Crippen molar-refractivity contribution >= 4 is 0 Å². The fraction of sp³-hybridized carbons (Fsp3) is 0.222. The van der Waals surface area contributed by atoms with E-state index in [9.17, 15) is 9.90 Å². The van der Waals surface area contributed by atoms with Gasteiger partial charge < -0.3 is 5.11 Å². The molecule has 6 heteroatoms. The van der Waals surface area contributed by atoms with Gasteiger partial charge in [0.1, 0.15) is 5.75 Å². The van der Waals surface area contributed by atoms with Gasteiger partial charge in [-0.25, -0.2) is 4.79 Å². The summed E-state index contributed by atoms with van der Waals surface area (Å²) in [6.07, 6.45) is 0. The normalized spacial score (nSPS) is 10.5.